The highest BCUT2D eigenvalue weighted by Crippen LogP contribution is 2.39. The van der Waals surface area contributed by atoms with Crippen LogP contribution >= 0.6 is 11.3 Å². The van der Waals surface area contributed by atoms with Crippen LogP contribution < -0.4 is 4.90 Å². The third kappa shape index (κ3) is 2.53. The molecule has 1 aliphatic carbocycles. The highest BCUT2D eigenvalue weighted by molar-refractivity contribution is 7.16. The van der Waals surface area contributed by atoms with Gasteiger partial charge in [-0.1, -0.05) is 19.3 Å². The van der Waals surface area contributed by atoms with Gasteiger partial charge in [0.25, 0.3) is 0 Å². The summed E-state index contributed by atoms with van der Waals surface area (Å²) in [6.45, 7) is 1.89. The maximum atomic E-state index is 13.3. The van der Waals surface area contributed by atoms with E-state index in [4.69, 9.17) is 0 Å². The zero-order valence-corrected chi connectivity index (χ0v) is 15.2. The molecule has 2 aromatic rings. The summed E-state index contributed by atoms with van der Waals surface area (Å²) in [6, 6.07) is 2.55. The molecule has 132 valence electrons. The molecule has 5 nitrogen and oxygen atoms in total. The molecular formula is C19H24N4OS. The molecule has 0 N–H and O–H groups in total. The van der Waals surface area contributed by atoms with E-state index < -0.39 is 0 Å². The molecule has 3 fully saturated rings. The van der Waals surface area contributed by atoms with E-state index in [1.807, 2.05) is 0 Å². The van der Waals surface area contributed by atoms with E-state index in [1.165, 1.54) is 32.1 Å². The predicted octanol–water partition coefficient (Wildman–Crippen LogP) is 3.45. The molecule has 3 atom stereocenters. The Morgan fingerprint density at radius 2 is 2.04 bits per heavy atom. The van der Waals surface area contributed by atoms with Crippen molar-refractivity contribution in [2.24, 2.45) is 5.92 Å². The van der Waals surface area contributed by atoms with E-state index in [0.29, 0.717) is 11.9 Å². The summed E-state index contributed by atoms with van der Waals surface area (Å²) in [4.78, 5) is 27.6. The summed E-state index contributed by atoms with van der Waals surface area (Å²) in [5, 5.41) is 3.14. The van der Waals surface area contributed by atoms with Crippen molar-refractivity contribution in [3.05, 3.63) is 17.8 Å². The van der Waals surface area contributed by atoms with Crippen molar-refractivity contribution in [1.29, 1.82) is 0 Å². The zero-order valence-electron chi connectivity index (χ0n) is 14.4. The van der Waals surface area contributed by atoms with Gasteiger partial charge in [0.1, 0.15) is 23.0 Å². The molecule has 0 aromatic carbocycles. The molecular weight excluding hydrogens is 332 g/mol. The summed E-state index contributed by atoms with van der Waals surface area (Å²) >= 11 is 1.64. The van der Waals surface area contributed by atoms with Gasteiger partial charge in [-0.3, -0.25) is 4.79 Å². The number of amides is 1. The minimum absolute atomic E-state index is 0.0396. The first-order valence-corrected chi connectivity index (χ1v) is 10.5. The van der Waals surface area contributed by atoms with Crippen LogP contribution in [0.3, 0.4) is 0 Å². The van der Waals surface area contributed by atoms with E-state index in [2.05, 4.69) is 31.2 Å². The summed E-state index contributed by atoms with van der Waals surface area (Å²) in [5.41, 5.74) is 0. The number of likely N-dealkylation sites (tertiary alicyclic amines) is 1. The first kappa shape index (κ1) is 15.6. The quantitative estimate of drug-likeness (QED) is 0.827. The second-order valence-electron chi connectivity index (χ2n) is 7.64. The molecule has 2 aliphatic heterocycles. The Balaban J connectivity index is 1.40. The summed E-state index contributed by atoms with van der Waals surface area (Å²) in [5.74, 6) is 2.03. The van der Waals surface area contributed by atoms with Crippen LogP contribution in [0.2, 0.25) is 0 Å². The number of carbonyl (C=O) groups is 1. The molecule has 6 heteroatoms. The van der Waals surface area contributed by atoms with Crippen molar-refractivity contribution in [2.45, 2.75) is 57.0 Å². The lowest BCUT2D eigenvalue weighted by molar-refractivity contribution is -0.145. The SMILES string of the molecule is O=C([C@@H]1CCCN1c1ncnc2sccc12)N1C[C@@H]2CCCCC[C@@H]21. The molecule has 2 aromatic heterocycles. The molecule has 1 amide bonds. The monoisotopic (exact) mass is 356 g/mol. The fraction of sp³-hybridized carbons (Fsp3) is 0.632. The Bertz CT molecular complexity index is 791. The van der Waals surface area contributed by atoms with Crippen molar-refractivity contribution in [1.82, 2.24) is 14.9 Å². The lowest BCUT2D eigenvalue weighted by Crippen LogP contribution is -2.62. The van der Waals surface area contributed by atoms with E-state index >= 15 is 0 Å². The van der Waals surface area contributed by atoms with Crippen molar-refractivity contribution in [2.75, 3.05) is 18.0 Å². The third-order valence-electron chi connectivity index (χ3n) is 6.28. The number of carbonyl (C=O) groups excluding carboxylic acids is 1. The third-order valence-corrected chi connectivity index (χ3v) is 7.10. The van der Waals surface area contributed by atoms with Gasteiger partial charge < -0.3 is 9.80 Å². The number of anilines is 1. The van der Waals surface area contributed by atoms with Gasteiger partial charge in [-0.15, -0.1) is 11.3 Å². The van der Waals surface area contributed by atoms with Crippen molar-refractivity contribution in [3.8, 4) is 0 Å². The summed E-state index contributed by atoms with van der Waals surface area (Å²) in [7, 11) is 0. The van der Waals surface area contributed by atoms with Crippen LogP contribution in [0.15, 0.2) is 17.8 Å². The van der Waals surface area contributed by atoms with E-state index in [1.54, 1.807) is 17.7 Å². The van der Waals surface area contributed by atoms with Gasteiger partial charge in [0.2, 0.25) is 5.91 Å². The standard InChI is InChI=1S/C19H24N4OS/c24-19(23-11-13-5-2-1-3-6-15(13)23)16-7-4-9-22(16)17-14-8-10-25-18(14)21-12-20-17/h8,10,12-13,15-16H,1-7,9,11H2/t13-,15-,16-/m0/s1. The van der Waals surface area contributed by atoms with E-state index in [0.717, 1.165) is 47.9 Å². The van der Waals surface area contributed by atoms with Gasteiger partial charge in [-0.05, 0) is 43.0 Å². The zero-order chi connectivity index (χ0) is 16.8. The number of thiophene rings is 1. The average molecular weight is 356 g/mol. The van der Waals surface area contributed by atoms with Crippen LogP contribution in [0.25, 0.3) is 10.2 Å². The fourth-order valence-corrected chi connectivity index (χ4v) is 5.69. The maximum Gasteiger partial charge on any atom is 0.245 e. The number of aromatic nitrogens is 2. The van der Waals surface area contributed by atoms with Crippen LogP contribution in [0.5, 0.6) is 0 Å². The Morgan fingerprint density at radius 1 is 1.12 bits per heavy atom. The molecule has 4 heterocycles. The van der Waals surface area contributed by atoms with Crippen molar-refractivity contribution < 1.29 is 4.79 Å². The predicted molar refractivity (Wildman–Crippen MR) is 99.9 cm³/mol. The summed E-state index contributed by atoms with van der Waals surface area (Å²) < 4.78 is 0. The molecule has 0 radical (unpaired) electrons. The number of nitrogens with zero attached hydrogens (tertiary/aromatic N) is 4. The number of rotatable bonds is 2. The first-order chi connectivity index (χ1) is 12.3. The van der Waals surface area contributed by atoms with Crippen LogP contribution in [0.4, 0.5) is 5.82 Å². The average Bonchev–Trinajstić information content (AvgIpc) is 3.24. The Morgan fingerprint density at radius 3 is 3.00 bits per heavy atom. The van der Waals surface area contributed by atoms with Crippen LogP contribution in [-0.2, 0) is 4.79 Å². The highest BCUT2D eigenvalue weighted by atomic mass is 32.1. The maximum absolute atomic E-state index is 13.3. The van der Waals surface area contributed by atoms with Gasteiger partial charge in [0, 0.05) is 19.1 Å². The summed E-state index contributed by atoms with van der Waals surface area (Å²) in [6.07, 6.45) is 10.1. The minimum atomic E-state index is -0.0396. The van der Waals surface area contributed by atoms with Gasteiger partial charge in [-0.2, -0.15) is 0 Å². The van der Waals surface area contributed by atoms with Gasteiger partial charge in [0.05, 0.1) is 5.39 Å². The Kier molecular flexibility index (Phi) is 3.88. The normalized spacial score (nSPS) is 29.4. The van der Waals surface area contributed by atoms with Crippen molar-refractivity contribution >= 4 is 33.3 Å². The molecule has 0 unspecified atom stereocenters. The van der Waals surface area contributed by atoms with Gasteiger partial charge in [0.15, 0.2) is 0 Å². The number of fused-ring (bicyclic) bond motifs is 2. The van der Waals surface area contributed by atoms with Crippen LogP contribution in [0, 0.1) is 5.92 Å². The Hall–Kier alpha value is -1.69. The smallest absolute Gasteiger partial charge is 0.245 e. The topological polar surface area (TPSA) is 49.3 Å². The van der Waals surface area contributed by atoms with Gasteiger partial charge in [-0.25, -0.2) is 9.97 Å². The molecule has 1 saturated carbocycles. The first-order valence-electron chi connectivity index (χ1n) is 9.58. The molecule has 0 bridgehead atoms. The number of hydrogen-bond donors (Lipinski definition) is 0. The van der Waals surface area contributed by atoms with Gasteiger partial charge >= 0.3 is 0 Å². The highest BCUT2D eigenvalue weighted by Gasteiger charge is 2.46. The minimum Gasteiger partial charge on any atom is -0.344 e. The van der Waals surface area contributed by atoms with E-state index in [9.17, 15) is 4.79 Å². The van der Waals surface area contributed by atoms with Crippen molar-refractivity contribution in [3.63, 3.8) is 0 Å². The van der Waals surface area contributed by atoms with E-state index in [-0.39, 0.29) is 6.04 Å². The van der Waals surface area contributed by atoms with Crippen LogP contribution in [0.1, 0.15) is 44.9 Å². The largest absolute Gasteiger partial charge is 0.344 e. The Labute approximate surface area is 152 Å². The lowest BCUT2D eigenvalue weighted by atomic mass is 9.84. The molecule has 0 spiro atoms. The molecule has 5 rings (SSSR count). The second kappa shape index (κ2) is 6.24. The molecule has 3 aliphatic rings. The lowest BCUT2D eigenvalue weighted by Gasteiger charge is -2.49. The molecule has 25 heavy (non-hydrogen) atoms. The second-order valence-corrected chi connectivity index (χ2v) is 8.54. The number of hydrogen-bond acceptors (Lipinski definition) is 5. The molecule has 2 saturated heterocycles. The fourth-order valence-electron chi connectivity index (χ4n) is 4.97. The van der Waals surface area contributed by atoms with Crippen LogP contribution in [-0.4, -0.2) is 45.9 Å².